The first-order chi connectivity index (χ1) is 21.2. The zero-order chi connectivity index (χ0) is 30.5. The molecular formula is C31H36N6O6S. The van der Waals surface area contributed by atoms with Crippen molar-refractivity contribution < 1.29 is 28.8 Å². The predicted molar refractivity (Wildman–Crippen MR) is 162 cm³/mol. The van der Waals surface area contributed by atoms with Gasteiger partial charge in [-0.05, 0) is 32.9 Å². The molecule has 4 aliphatic heterocycles. The van der Waals surface area contributed by atoms with Crippen molar-refractivity contribution in [3.8, 4) is 11.5 Å². The number of aromatic nitrogens is 3. The lowest BCUT2D eigenvalue weighted by Crippen LogP contribution is -2.61. The van der Waals surface area contributed by atoms with Crippen LogP contribution in [-0.4, -0.2) is 75.8 Å². The Labute approximate surface area is 259 Å². The second-order valence-electron chi connectivity index (χ2n) is 12.7. The third-order valence-corrected chi connectivity index (χ3v) is 9.25. The summed E-state index contributed by atoms with van der Waals surface area (Å²) in [5.74, 6) is 2.78. The molecule has 44 heavy (non-hydrogen) atoms. The molecule has 6 heterocycles. The summed E-state index contributed by atoms with van der Waals surface area (Å²) in [7, 11) is 0. The molecule has 3 aromatic rings. The summed E-state index contributed by atoms with van der Waals surface area (Å²) >= 11 is 1.42. The number of aliphatic hydroxyl groups excluding tert-OH is 1. The van der Waals surface area contributed by atoms with Gasteiger partial charge in [0.25, 0.3) is 0 Å². The first-order valence-corrected chi connectivity index (χ1v) is 15.6. The van der Waals surface area contributed by atoms with Crippen molar-refractivity contribution in [2.45, 2.75) is 72.9 Å². The predicted octanol–water partition coefficient (Wildman–Crippen LogP) is 4.09. The Morgan fingerprint density at radius 2 is 1.98 bits per heavy atom. The van der Waals surface area contributed by atoms with Crippen molar-refractivity contribution in [1.29, 1.82) is 0 Å². The number of amides is 1. The van der Waals surface area contributed by atoms with E-state index in [1.54, 1.807) is 12.4 Å². The average Bonchev–Trinajstić information content (AvgIpc) is 3.27. The average molecular weight is 621 g/mol. The number of carbonyl (C=O) groups excluding carboxylic acids is 1. The van der Waals surface area contributed by atoms with Crippen molar-refractivity contribution in [2.75, 3.05) is 43.1 Å². The molecule has 0 bridgehead atoms. The minimum atomic E-state index is -0.627. The van der Waals surface area contributed by atoms with Crippen molar-refractivity contribution in [1.82, 2.24) is 20.3 Å². The number of pyridine rings is 1. The minimum absolute atomic E-state index is 0.208. The van der Waals surface area contributed by atoms with E-state index < -0.39 is 17.3 Å². The highest BCUT2D eigenvalue weighted by molar-refractivity contribution is 7.99. The van der Waals surface area contributed by atoms with Crippen molar-refractivity contribution >= 4 is 29.5 Å². The van der Waals surface area contributed by atoms with Crippen molar-refractivity contribution in [3.05, 3.63) is 54.0 Å². The van der Waals surface area contributed by atoms with Crippen LogP contribution >= 0.6 is 11.8 Å². The molecule has 12 nitrogen and oxygen atoms in total. The van der Waals surface area contributed by atoms with Gasteiger partial charge in [0.05, 0.1) is 30.9 Å². The van der Waals surface area contributed by atoms with Crippen LogP contribution < -0.4 is 25.0 Å². The van der Waals surface area contributed by atoms with Crippen LogP contribution in [0.4, 0.5) is 16.4 Å². The quantitative estimate of drug-likeness (QED) is 0.379. The molecule has 1 aromatic carbocycles. The molecule has 2 aromatic heterocycles. The topological polar surface area (TPSA) is 140 Å². The highest BCUT2D eigenvalue weighted by Crippen LogP contribution is 2.49. The first kappa shape index (κ1) is 28.9. The Kier molecular flexibility index (Phi) is 7.21. The number of nitrogens with one attached hydrogen (secondary N) is 2. The van der Waals surface area contributed by atoms with Gasteiger partial charge in [-0.25, -0.2) is 19.7 Å². The fraction of sp³-hybridized carbons (Fsp3) is 0.484. The van der Waals surface area contributed by atoms with Crippen LogP contribution in [0.25, 0.3) is 0 Å². The number of ether oxygens (including phenoxy) is 4. The number of aliphatic hydroxyl groups is 1. The van der Waals surface area contributed by atoms with Gasteiger partial charge in [-0.3, -0.25) is 0 Å². The number of nitrogens with zero attached hydrogens (tertiary/aromatic N) is 4. The second-order valence-corrected chi connectivity index (χ2v) is 13.7. The summed E-state index contributed by atoms with van der Waals surface area (Å²) in [6.45, 7) is 8.20. The molecule has 4 aliphatic rings. The van der Waals surface area contributed by atoms with Crippen LogP contribution in [0.5, 0.6) is 11.5 Å². The SMILES string of the molecule is CC(C)(C)OC(=O)N[C@@H]1c2ccccc2OC12CCN(c1ncc(Sc3ccnc4c3OCC3(COC3)N4)nc1CO)CC2. The van der Waals surface area contributed by atoms with E-state index in [-0.39, 0.29) is 18.2 Å². The lowest BCUT2D eigenvalue weighted by molar-refractivity contribution is -0.0652. The molecule has 232 valence electrons. The van der Waals surface area contributed by atoms with Crippen LogP contribution in [0.3, 0.4) is 0 Å². The van der Waals surface area contributed by atoms with E-state index in [4.69, 9.17) is 28.9 Å². The molecule has 0 unspecified atom stereocenters. The van der Waals surface area contributed by atoms with Crippen LogP contribution in [0.15, 0.2) is 52.6 Å². The van der Waals surface area contributed by atoms with Gasteiger partial charge in [0.15, 0.2) is 17.4 Å². The number of anilines is 2. The van der Waals surface area contributed by atoms with E-state index in [1.807, 2.05) is 51.1 Å². The van der Waals surface area contributed by atoms with Crippen LogP contribution in [0, 0.1) is 0 Å². The van der Waals surface area contributed by atoms with Gasteiger partial charge in [0.2, 0.25) is 0 Å². The zero-order valence-corrected chi connectivity index (χ0v) is 25.8. The molecule has 13 heteroatoms. The van der Waals surface area contributed by atoms with Crippen molar-refractivity contribution in [2.24, 2.45) is 0 Å². The third-order valence-electron chi connectivity index (χ3n) is 8.31. The number of fused-ring (bicyclic) bond motifs is 2. The van der Waals surface area contributed by atoms with Crippen LogP contribution in [0.1, 0.15) is 50.9 Å². The summed E-state index contributed by atoms with van der Waals surface area (Å²) in [4.78, 5) is 29.8. The maximum absolute atomic E-state index is 12.8. The first-order valence-electron chi connectivity index (χ1n) is 14.8. The van der Waals surface area contributed by atoms with Crippen LogP contribution in [0.2, 0.25) is 0 Å². The Morgan fingerprint density at radius 3 is 2.70 bits per heavy atom. The third kappa shape index (κ3) is 5.37. The normalized spacial score (nSPS) is 20.9. The molecular weight excluding hydrogens is 584 g/mol. The van der Waals surface area contributed by atoms with E-state index in [1.165, 1.54) is 11.8 Å². The number of hydrogen-bond acceptors (Lipinski definition) is 12. The number of benzene rings is 1. The standard InChI is InChI=1S/C31H36N6O6S/c1-29(2,3)43-28(39)35-25-19-6-4-5-7-21(19)42-31(25)9-12-37(13-10-31)27-20(15-38)34-23(14-33-27)44-22-8-11-32-26-24(22)41-18-30(36-26)16-40-17-30/h4-8,11,14,25,38H,9-10,12-13,15-18H2,1-3H3,(H,32,36)(H,35,39)/t25-/m1/s1. The summed E-state index contributed by atoms with van der Waals surface area (Å²) in [6.07, 6.45) is 4.25. The van der Waals surface area contributed by atoms with Gasteiger partial charge < -0.3 is 39.6 Å². The highest BCUT2D eigenvalue weighted by atomic mass is 32.2. The van der Waals surface area contributed by atoms with Gasteiger partial charge in [-0.15, -0.1) is 0 Å². The number of hydrogen-bond donors (Lipinski definition) is 3. The maximum Gasteiger partial charge on any atom is 0.408 e. The van der Waals surface area contributed by atoms with E-state index in [0.717, 1.165) is 16.2 Å². The fourth-order valence-electron chi connectivity index (χ4n) is 6.17. The lowest BCUT2D eigenvalue weighted by atomic mass is 9.82. The number of carbonyl (C=O) groups is 1. The van der Waals surface area contributed by atoms with Gasteiger partial charge in [-0.1, -0.05) is 30.0 Å². The monoisotopic (exact) mass is 620 g/mol. The summed E-state index contributed by atoms with van der Waals surface area (Å²) in [5.41, 5.74) is -0.00771. The Bertz CT molecular complexity index is 1570. The summed E-state index contributed by atoms with van der Waals surface area (Å²) in [6, 6.07) is 9.35. The van der Waals surface area contributed by atoms with Gasteiger partial charge in [-0.2, -0.15) is 0 Å². The molecule has 0 radical (unpaired) electrons. The number of alkyl carbamates (subject to hydrolysis) is 1. The number of piperidine rings is 1. The summed E-state index contributed by atoms with van der Waals surface area (Å²) in [5, 5.41) is 17.5. The van der Waals surface area contributed by atoms with Crippen LogP contribution in [-0.2, 0) is 16.1 Å². The second kappa shape index (κ2) is 11.0. The maximum atomic E-state index is 12.8. The molecule has 1 atom stereocenters. The smallest absolute Gasteiger partial charge is 0.408 e. The van der Waals surface area contributed by atoms with Gasteiger partial charge >= 0.3 is 6.09 Å². The zero-order valence-electron chi connectivity index (χ0n) is 25.0. The molecule has 2 spiro atoms. The van der Waals surface area contributed by atoms with E-state index >= 15 is 0 Å². The Hall–Kier alpha value is -3.81. The number of rotatable bonds is 5. The van der Waals surface area contributed by atoms with E-state index in [9.17, 15) is 9.90 Å². The highest BCUT2D eigenvalue weighted by Gasteiger charge is 2.51. The summed E-state index contributed by atoms with van der Waals surface area (Å²) < 4.78 is 23.6. The van der Waals surface area contributed by atoms with Crippen molar-refractivity contribution in [3.63, 3.8) is 0 Å². The molecule has 7 rings (SSSR count). The number of para-hydroxylation sites is 1. The Morgan fingerprint density at radius 1 is 1.18 bits per heavy atom. The molecule has 0 saturated carbocycles. The van der Waals surface area contributed by atoms with Gasteiger partial charge in [0, 0.05) is 37.7 Å². The lowest BCUT2D eigenvalue weighted by Gasteiger charge is -2.45. The van der Waals surface area contributed by atoms with Gasteiger partial charge in [0.1, 0.15) is 45.9 Å². The Balaban J connectivity index is 1.07. The largest absolute Gasteiger partial charge is 0.486 e. The molecule has 3 N–H and O–H groups in total. The minimum Gasteiger partial charge on any atom is -0.486 e. The molecule has 0 aliphatic carbocycles. The van der Waals surface area contributed by atoms with E-state index in [2.05, 4.69) is 20.5 Å². The fourth-order valence-corrected chi connectivity index (χ4v) is 7.04. The molecule has 2 fully saturated rings. The van der Waals surface area contributed by atoms with E-state index in [0.29, 0.717) is 73.9 Å². The molecule has 1 amide bonds. The molecule has 2 saturated heterocycles.